The minimum atomic E-state index is 0.309. The van der Waals surface area contributed by atoms with E-state index in [0.29, 0.717) is 12.3 Å². The van der Waals surface area contributed by atoms with Gasteiger partial charge in [0.15, 0.2) is 0 Å². The first-order chi connectivity index (χ1) is 8.79. The Hall–Kier alpha value is -1.36. The number of carbonyl (C=O) groups is 1. The molecule has 0 aromatic carbocycles. The maximum absolute atomic E-state index is 11.7. The Bertz CT molecular complexity index is 355. The number of rotatable bonds is 5. The Kier molecular flexibility index (Phi) is 4.75. The predicted molar refractivity (Wildman–Crippen MR) is 70.2 cm³/mol. The van der Waals surface area contributed by atoms with Gasteiger partial charge in [0.1, 0.15) is 0 Å². The minimum Gasteiger partial charge on any atom is -0.340 e. The lowest BCUT2D eigenvalue weighted by atomic mass is 10.2. The van der Waals surface area contributed by atoms with Crippen molar-refractivity contribution in [3.8, 4) is 0 Å². The largest absolute Gasteiger partial charge is 0.340 e. The molecule has 1 aliphatic rings. The highest BCUT2D eigenvalue weighted by Crippen LogP contribution is 2.05. The molecule has 0 bridgehead atoms. The zero-order valence-electron chi connectivity index (χ0n) is 11.1. The quantitative estimate of drug-likeness (QED) is 0.777. The van der Waals surface area contributed by atoms with Crippen molar-refractivity contribution < 1.29 is 4.79 Å². The summed E-state index contributed by atoms with van der Waals surface area (Å²) in [7, 11) is 0. The smallest absolute Gasteiger partial charge is 0.222 e. The lowest BCUT2D eigenvalue weighted by Crippen LogP contribution is -2.49. The van der Waals surface area contributed by atoms with Gasteiger partial charge < -0.3 is 4.90 Å². The molecule has 1 aliphatic heterocycles. The van der Waals surface area contributed by atoms with E-state index < -0.39 is 0 Å². The average Bonchev–Trinajstić information content (AvgIpc) is 2.90. The second kappa shape index (κ2) is 6.54. The van der Waals surface area contributed by atoms with E-state index >= 15 is 0 Å². The van der Waals surface area contributed by atoms with E-state index in [-0.39, 0.29) is 0 Å². The van der Waals surface area contributed by atoms with E-state index in [0.717, 1.165) is 45.7 Å². The van der Waals surface area contributed by atoms with Crippen LogP contribution in [-0.2, 0) is 11.3 Å². The number of piperazine rings is 1. The van der Waals surface area contributed by atoms with Gasteiger partial charge >= 0.3 is 0 Å². The van der Waals surface area contributed by atoms with E-state index in [4.69, 9.17) is 0 Å². The molecule has 1 saturated heterocycles. The van der Waals surface area contributed by atoms with Crippen LogP contribution in [0.4, 0.5) is 0 Å². The van der Waals surface area contributed by atoms with Gasteiger partial charge in [-0.15, -0.1) is 0 Å². The fourth-order valence-corrected chi connectivity index (χ4v) is 2.27. The van der Waals surface area contributed by atoms with Crippen LogP contribution in [0.25, 0.3) is 0 Å². The Morgan fingerprint density at radius 3 is 2.61 bits per heavy atom. The predicted octanol–water partition coefficient (Wildman–Crippen LogP) is 0.827. The van der Waals surface area contributed by atoms with Gasteiger partial charge in [0, 0.05) is 51.5 Å². The summed E-state index contributed by atoms with van der Waals surface area (Å²) in [5, 5.41) is 4.19. The van der Waals surface area contributed by atoms with E-state index in [1.165, 1.54) is 0 Å². The number of aromatic nitrogens is 2. The van der Waals surface area contributed by atoms with Crippen LogP contribution in [0.5, 0.6) is 0 Å². The molecule has 2 rings (SSSR count). The van der Waals surface area contributed by atoms with E-state index in [9.17, 15) is 4.79 Å². The third-order valence-electron chi connectivity index (χ3n) is 3.39. The molecule has 100 valence electrons. The molecule has 0 saturated carbocycles. The molecule has 1 amide bonds. The van der Waals surface area contributed by atoms with Crippen molar-refractivity contribution >= 4 is 5.91 Å². The Morgan fingerprint density at radius 2 is 2.00 bits per heavy atom. The van der Waals surface area contributed by atoms with Gasteiger partial charge in [0.25, 0.3) is 0 Å². The second-order valence-electron chi connectivity index (χ2n) is 4.74. The summed E-state index contributed by atoms with van der Waals surface area (Å²) in [5.74, 6) is 0.309. The summed E-state index contributed by atoms with van der Waals surface area (Å²) in [6, 6.07) is 1.95. The molecule has 0 radical (unpaired) electrons. The maximum Gasteiger partial charge on any atom is 0.222 e. The molecular formula is C13H22N4O. The van der Waals surface area contributed by atoms with Crippen molar-refractivity contribution in [1.29, 1.82) is 0 Å². The fourth-order valence-electron chi connectivity index (χ4n) is 2.27. The number of carbonyl (C=O) groups excluding carboxylic acids is 1. The Labute approximate surface area is 108 Å². The highest BCUT2D eigenvalue weighted by molar-refractivity contribution is 5.76. The standard InChI is InChI=1S/C13H22N4O/c1-2-4-13(18)16-10-7-15(8-11-16)9-12-17-6-3-5-14-17/h3,5-6H,2,4,7-12H2,1H3. The first-order valence-corrected chi connectivity index (χ1v) is 6.77. The molecule has 1 aromatic rings. The van der Waals surface area contributed by atoms with Crippen molar-refractivity contribution in [1.82, 2.24) is 19.6 Å². The number of nitrogens with zero attached hydrogens (tertiary/aromatic N) is 4. The monoisotopic (exact) mass is 250 g/mol. The number of amides is 1. The van der Waals surface area contributed by atoms with Crippen LogP contribution in [0.2, 0.25) is 0 Å². The molecule has 5 nitrogen and oxygen atoms in total. The van der Waals surface area contributed by atoms with Crippen LogP contribution in [0, 0.1) is 0 Å². The van der Waals surface area contributed by atoms with Crippen molar-refractivity contribution in [2.45, 2.75) is 26.3 Å². The van der Waals surface area contributed by atoms with Gasteiger partial charge in [-0.1, -0.05) is 6.92 Å². The molecule has 1 aromatic heterocycles. The van der Waals surface area contributed by atoms with Crippen LogP contribution in [0.3, 0.4) is 0 Å². The van der Waals surface area contributed by atoms with Gasteiger partial charge in [0.2, 0.25) is 5.91 Å². The molecule has 5 heteroatoms. The summed E-state index contributed by atoms with van der Waals surface area (Å²) in [6.45, 7) is 7.70. The Balaban J connectivity index is 1.68. The number of hydrogen-bond donors (Lipinski definition) is 0. The van der Waals surface area contributed by atoms with Gasteiger partial charge in [-0.3, -0.25) is 14.4 Å². The minimum absolute atomic E-state index is 0.309. The highest BCUT2D eigenvalue weighted by Gasteiger charge is 2.19. The fraction of sp³-hybridized carbons (Fsp3) is 0.692. The summed E-state index contributed by atoms with van der Waals surface area (Å²) >= 11 is 0. The molecule has 0 aliphatic carbocycles. The molecular weight excluding hydrogens is 228 g/mol. The maximum atomic E-state index is 11.7. The van der Waals surface area contributed by atoms with E-state index in [1.807, 2.05) is 21.8 Å². The highest BCUT2D eigenvalue weighted by atomic mass is 16.2. The van der Waals surface area contributed by atoms with Crippen LogP contribution in [0.15, 0.2) is 18.5 Å². The molecule has 18 heavy (non-hydrogen) atoms. The molecule has 2 heterocycles. The van der Waals surface area contributed by atoms with Crippen LogP contribution >= 0.6 is 0 Å². The third-order valence-corrected chi connectivity index (χ3v) is 3.39. The SMILES string of the molecule is CCCC(=O)N1CCN(CCn2cccn2)CC1. The second-order valence-corrected chi connectivity index (χ2v) is 4.74. The van der Waals surface area contributed by atoms with E-state index in [1.54, 1.807) is 6.20 Å². The van der Waals surface area contributed by atoms with Crippen molar-refractivity contribution in [3.63, 3.8) is 0 Å². The first kappa shape index (κ1) is 13.1. The summed E-state index contributed by atoms with van der Waals surface area (Å²) in [6.07, 6.45) is 5.42. The topological polar surface area (TPSA) is 41.4 Å². The van der Waals surface area contributed by atoms with Crippen LogP contribution in [-0.4, -0.2) is 58.2 Å². The molecule has 0 atom stereocenters. The van der Waals surface area contributed by atoms with E-state index in [2.05, 4.69) is 16.9 Å². The van der Waals surface area contributed by atoms with Crippen molar-refractivity contribution in [2.75, 3.05) is 32.7 Å². The van der Waals surface area contributed by atoms with Crippen LogP contribution < -0.4 is 0 Å². The normalized spacial score (nSPS) is 17.1. The summed E-state index contributed by atoms with van der Waals surface area (Å²) in [4.78, 5) is 16.1. The Morgan fingerprint density at radius 1 is 1.22 bits per heavy atom. The van der Waals surface area contributed by atoms with Crippen molar-refractivity contribution in [3.05, 3.63) is 18.5 Å². The zero-order chi connectivity index (χ0) is 12.8. The zero-order valence-corrected chi connectivity index (χ0v) is 11.1. The molecule has 0 spiro atoms. The lowest BCUT2D eigenvalue weighted by Gasteiger charge is -2.34. The summed E-state index contributed by atoms with van der Waals surface area (Å²) in [5.41, 5.74) is 0. The summed E-state index contributed by atoms with van der Waals surface area (Å²) < 4.78 is 1.95. The van der Waals surface area contributed by atoms with Crippen LogP contribution in [0.1, 0.15) is 19.8 Å². The van der Waals surface area contributed by atoms with Gasteiger partial charge in [-0.2, -0.15) is 5.10 Å². The average molecular weight is 250 g/mol. The first-order valence-electron chi connectivity index (χ1n) is 6.77. The van der Waals surface area contributed by atoms with Crippen molar-refractivity contribution in [2.24, 2.45) is 0 Å². The third kappa shape index (κ3) is 3.57. The molecule has 0 N–H and O–H groups in total. The molecule has 1 fully saturated rings. The number of hydrogen-bond acceptors (Lipinski definition) is 3. The lowest BCUT2D eigenvalue weighted by molar-refractivity contribution is -0.133. The van der Waals surface area contributed by atoms with Gasteiger partial charge in [-0.25, -0.2) is 0 Å². The van der Waals surface area contributed by atoms with Gasteiger partial charge in [-0.05, 0) is 12.5 Å². The molecule has 0 unspecified atom stereocenters. The van der Waals surface area contributed by atoms with Gasteiger partial charge in [0.05, 0.1) is 6.54 Å².